The van der Waals surface area contributed by atoms with Crippen LogP contribution >= 0.6 is 0 Å². The smallest absolute Gasteiger partial charge is 0.344 e. The molecular formula is C15H22FNO3. The van der Waals surface area contributed by atoms with Crippen molar-refractivity contribution in [2.45, 2.75) is 27.3 Å². The van der Waals surface area contributed by atoms with E-state index in [2.05, 4.69) is 19.2 Å². The van der Waals surface area contributed by atoms with E-state index in [4.69, 9.17) is 9.47 Å². The van der Waals surface area contributed by atoms with Crippen molar-refractivity contribution in [3.05, 3.63) is 29.6 Å². The van der Waals surface area contributed by atoms with E-state index in [-0.39, 0.29) is 12.4 Å². The van der Waals surface area contributed by atoms with Crippen molar-refractivity contribution in [3.63, 3.8) is 0 Å². The van der Waals surface area contributed by atoms with Crippen LogP contribution in [0.4, 0.5) is 4.39 Å². The molecule has 0 fully saturated rings. The number of benzene rings is 1. The van der Waals surface area contributed by atoms with Crippen LogP contribution < -0.4 is 10.1 Å². The summed E-state index contributed by atoms with van der Waals surface area (Å²) in [6.45, 7) is 7.44. The average Bonchev–Trinajstić information content (AvgIpc) is 2.36. The van der Waals surface area contributed by atoms with Crippen molar-refractivity contribution >= 4 is 5.97 Å². The summed E-state index contributed by atoms with van der Waals surface area (Å²) >= 11 is 0. The molecule has 0 heterocycles. The summed E-state index contributed by atoms with van der Waals surface area (Å²) < 4.78 is 23.4. The van der Waals surface area contributed by atoms with Crippen molar-refractivity contribution in [3.8, 4) is 5.75 Å². The molecule has 1 aromatic carbocycles. The first kappa shape index (κ1) is 16.4. The van der Waals surface area contributed by atoms with Gasteiger partial charge in [0, 0.05) is 12.6 Å². The molecular weight excluding hydrogens is 261 g/mol. The van der Waals surface area contributed by atoms with Gasteiger partial charge in [0.05, 0.1) is 6.61 Å². The first-order valence-electron chi connectivity index (χ1n) is 6.80. The Kier molecular flexibility index (Phi) is 7.01. The number of rotatable bonds is 8. The van der Waals surface area contributed by atoms with E-state index >= 15 is 0 Å². The fourth-order valence-electron chi connectivity index (χ4n) is 1.66. The van der Waals surface area contributed by atoms with Gasteiger partial charge in [-0.2, -0.15) is 0 Å². The van der Waals surface area contributed by atoms with Gasteiger partial charge in [0.2, 0.25) is 0 Å². The minimum absolute atomic E-state index is 0.212. The van der Waals surface area contributed by atoms with Gasteiger partial charge in [-0.3, -0.25) is 0 Å². The number of hydrogen-bond acceptors (Lipinski definition) is 4. The zero-order chi connectivity index (χ0) is 15.0. The predicted octanol–water partition coefficient (Wildman–Crippen LogP) is 2.51. The normalized spacial score (nSPS) is 10.7. The SMILES string of the molecule is CCOC(=O)COc1cc(F)cc(CNCC(C)C)c1. The van der Waals surface area contributed by atoms with Crippen LogP contribution in [0.3, 0.4) is 0 Å². The van der Waals surface area contributed by atoms with Gasteiger partial charge in [0.15, 0.2) is 6.61 Å². The molecule has 0 radical (unpaired) electrons. The van der Waals surface area contributed by atoms with E-state index < -0.39 is 5.97 Å². The lowest BCUT2D eigenvalue weighted by atomic mass is 10.2. The first-order valence-corrected chi connectivity index (χ1v) is 6.80. The molecule has 0 spiro atoms. The minimum Gasteiger partial charge on any atom is -0.482 e. The van der Waals surface area contributed by atoms with Gasteiger partial charge in [-0.25, -0.2) is 9.18 Å². The van der Waals surface area contributed by atoms with E-state index in [1.165, 1.54) is 12.1 Å². The summed E-state index contributed by atoms with van der Waals surface area (Å²) in [6, 6.07) is 4.42. The highest BCUT2D eigenvalue weighted by Gasteiger charge is 2.06. The molecule has 1 aromatic rings. The first-order chi connectivity index (χ1) is 9.51. The van der Waals surface area contributed by atoms with Crippen LogP contribution in [0.15, 0.2) is 18.2 Å². The quantitative estimate of drug-likeness (QED) is 0.745. The molecule has 20 heavy (non-hydrogen) atoms. The minimum atomic E-state index is -0.462. The molecule has 0 aliphatic carbocycles. The van der Waals surface area contributed by atoms with Crippen molar-refractivity contribution in [1.82, 2.24) is 5.32 Å². The lowest BCUT2D eigenvalue weighted by Crippen LogP contribution is -2.19. The molecule has 0 bridgehead atoms. The average molecular weight is 283 g/mol. The standard InChI is InChI=1S/C15H22FNO3/c1-4-19-15(18)10-20-14-6-12(5-13(16)7-14)9-17-8-11(2)3/h5-7,11,17H,4,8-10H2,1-3H3. The Labute approximate surface area is 119 Å². The Balaban J connectivity index is 2.54. The van der Waals surface area contributed by atoms with Crippen LogP contribution in [-0.2, 0) is 16.1 Å². The molecule has 1 rings (SSSR count). The van der Waals surface area contributed by atoms with Crippen LogP contribution in [0.1, 0.15) is 26.3 Å². The third kappa shape index (κ3) is 6.52. The van der Waals surface area contributed by atoms with E-state index in [1.807, 2.05) is 0 Å². The zero-order valence-corrected chi connectivity index (χ0v) is 12.2. The molecule has 0 saturated carbocycles. The van der Waals surface area contributed by atoms with Crippen molar-refractivity contribution in [2.75, 3.05) is 19.8 Å². The summed E-state index contributed by atoms with van der Waals surface area (Å²) in [5, 5.41) is 3.23. The highest BCUT2D eigenvalue weighted by Crippen LogP contribution is 2.16. The number of carbonyl (C=O) groups is 1. The third-order valence-corrected chi connectivity index (χ3v) is 2.47. The molecule has 1 N–H and O–H groups in total. The predicted molar refractivity (Wildman–Crippen MR) is 75.1 cm³/mol. The van der Waals surface area contributed by atoms with E-state index in [0.717, 1.165) is 12.1 Å². The van der Waals surface area contributed by atoms with Crippen LogP contribution in [0, 0.1) is 11.7 Å². The number of halogens is 1. The number of hydrogen-bond donors (Lipinski definition) is 1. The fraction of sp³-hybridized carbons (Fsp3) is 0.533. The second-order valence-electron chi connectivity index (χ2n) is 4.91. The van der Waals surface area contributed by atoms with Crippen LogP contribution in [-0.4, -0.2) is 25.7 Å². The van der Waals surface area contributed by atoms with Gasteiger partial charge in [0.25, 0.3) is 0 Å². The highest BCUT2D eigenvalue weighted by atomic mass is 19.1. The van der Waals surface area contributed by atoms with Crippen LogP contribution in [0.25, 0.3) is 0 Å². The maximum Gasteiger partial charge on any atom is 0.344 e. The van der Waals surface area contributed by atoms with E-state index in [9.17, 15) is 9.18 Å². The molecule has 0 saturated heterocycles. The molecule has 0 atom stereocenters. The maximum absolute atomic E-state index is 13.5. The van der Waals surface area contributed by atoms with Crippen molar-refractivity contribution in [2.24, 2.45) is 5.92 Å². The van der Waals surface area contributed by atoms with Gasteiger partial charge >= 0.3 is 5.97 Å². The summed E-state index contributed by atoms with van der Waals surface area (Å²) in [7, 11) is 0. The summed E-state index contributed by atoms with van der Waals surface area (Å²) in [4.78, 5) is 11.2. The molecule has 0 amide bonds. The van der Waals surface area contributed by atoms with Gasteiger partial charge in [-0.15, -0.1) is 0 Å². The summed E-state index contributed by atoms with van der Waals surface area (Å²) in [5.41, 5.74) is 0.782. The molecule has 0 aromatic heterocycles. The van der Waals surface area contributed by atoms with Gasteiger partial charge < -0.3 is 14.8 Å². The van der Waals surface area contributed by atoms with Gasteiger partial charge in [0.1, 0.15) is 11.6 Å². The van der Waals surface area contributed by atoms with Crippen molar-refractivity contribution in [1.29, 1.82) is 0 Å². The third-order valence-electron chi connectivity index (χ3n) is 2.47. The number of carbonyl (C=O) groups excluding carboxylic acids is 1. The summed E-state index contributed by atoms with van der Waals surface area (Å²) in [5.74, 6) is 0.0199. The fourth-order valence-corrected chi connectivity index (χ4v) is 1.66. The number of esters is 1. The van der Waals surface area contributed by atoms with E-state index in [1.54, 1.807) is 13.0 Å². The number of nitrogens with one attached hydrogen (secondary N) is 1. The molecule has 5 heteroatoms. The molecule has 0 aliphatic heterocycles. The van der Waals surface area contributed by atoms with E-state index in [0.29, 0.717) is 24.8 Å². The Morgan fingerprint density at radius 1 is 1.35 bits per heavy atom. The van der Waals surface area contributed by atoms with Crippen molar-refractivity contribution < 1.29 is 18.7 Å². The molecule has 0 unspecified atom stereocenters. The Morgan fingerprint density at radius 3 is 2.75 bits per heavy atom. The topological polar surface area (TPSA) is 47.6 Å². The van der Waals surface area contributed by atoms with Crippen LogP contribution in [0.5, 0.6) is 5.75 Å². The summed E-state index contributed by atoms with van der Waals surface area (Å²) in [6.07, 6.45) is 0. The lowest BCUT2D eigenvalue weighted by molar-refractivity contribution is -0.145. The molecule has 0 aliphatic rings. The largest absolute Gasteiger partial charge is 0.482 e. The monoisotopic (exact) mass is 283 g/mol. The van der Waals surface area contributed by atoms with Gasteiger partial charge in [-0.1, -0.05) is 13.8 Å². The van der Waals surface area contributed by atoms with Crippen LogP contribution in [0.2, 0.25) is 0 Å². The second kappa shape index (κ2) is 8.53. The zero-order valence-electron chi connectivity index (χ0n) is 12.2. The lowest BCUT2D eigenvalue weighted by Gasteiger charge is -2.10. The van der Waals surface area contributed by atoms with Gasteiger partial charge in [-0.05, 0) is 37.1 Å². The maximum atomic E-state index is 13.5. The molecule has 112 valence electrons. The number of ether oxygens (including phenoxy) is 2. The Bertz CT molecular complexity index is 435. The highest BCUT2D eigenvalue weighted by molar-refractivity contribution is 5.71. The Hall–Kier alpha value is -1.62. The molecule has 4 nitrogen and oxygen atoms in total. The Morgan fingerprint density at radius 2 is 2.10 bits per heavy atom. The second-order valence-corrected chi connectivity index (χ2v) is 4.91.